The van der Waals surface area contributed by atoms with Gasteiger partial charge in [0.2, 0.25) is 0 Å². The van der Waals surface area contributed by atoms with Crippen molar-refractivity contribution < 1.29 is 13.2 Å². The quantitative estimate of drug-likeness (QED) is 0.873. The second kappa shape index (κ2) is 6.21. The van der Waals surface area contributed by atoms with Crippen LogP contribution in [0.2, 0.25) is 0 Å². The Hall–Kier alpha value is -2.31. The van der Waals surface area contributed by atoms with Crippen LogP contribution in [0, 0.1) is 5.82 Å². The lowest BCUT2D eigenvalue weighted by Crippen LogP contribution is -2.47. The fraction of sp³-hybridized carbons (Fsp3) is 0.333. The molecule has 0 saturated carbocycles. The van der Waals surface area contributed by atoms with Gasteiger partial charge in [0.05, 0.1) is 5.69 Å². The molecule has 1 aromatic heterocycles. The van der Waals surface area contributed by atoms with Crippen LogP contribution in [0.25, 0.3) is 0 Å². The highest BCUT2D eigenvalue weighted by Gasteiger charge is 2.21. The molecule has 0 atom stereocenters. The van der Waals surface area contributed by atoms with Crippen LogP contribution in [0.5, 0.6) is 0 Å². The summed E-state index contributed by atoms with van der Waals surface area (Å²) in [6, 6.07) is 7.93. The van der Waals surface area contributed by atoms with E-state index in [0.717, 1.165) is 6.33 Å². The van der Waals surface area contributed by atoms with Gasteiger partial charge in [-0.1, -0.05) is 12.1 Å². The van der Waals surface area contributed by atoms with Crippen molar-refractivity contribution in [1.82, 2.24) is 9.97 Å². The van der Waals surface area contributed by atoms with Crippen molar-refractivity contribution in [2.75, 3.05) is 36.0 Å². The summed E-state index contributed by atoms with van der Waals surface area (Å²) in [7, 11) is 0. The summed E-state index contributed by atoms with van der Waals surface area (Å²) < 4.78 is 39.1. The summed E-state index contributed by atoms with van der Waals surface area (Å²) in [5, 5.41) is 0. The SMILES string of the molecule is Fc1ccccc1N1CCN(c2cc(C(F)F)ncn2)CC1. The number of nitrogens with zero attached hydrogens (tertiary/aromatic N) is 4. The van der Waals surface area contributed by atoms with Crippen molar-refractivity contribution in [2.24, 2.45) is 0 Å². The van der Waals surface area contributed by atoms with E-state index in [1.807, 2.05) is 9.80 Å². The maximum Gasteiger partial charge on any atom is 0.280 e. The Labute approximate surface area is 126 Å². The smallest absolute Gasteiger partial charge is 0.280 e. The Morgan fingerprint density at radius 1 is 0.955 bits per heavy atom. The Morgan fingerprint density at radius 3 is 2.32 bits per heavy atom. The highest BCUT2D eigenvalue weighted by molar-refractivity contribution is 5.50. The minimum atomic E-state index is -2.61. The molecule has 0 bridgehead atoms. The molecule has 0 radical (unpaired) electrons. The predicted molar refractivity (Wildman–Crippen MR) is 77.8 cm³/mol. The van der Waals surface area contributed by atoms with Crippen molar-refractivity contribution in [2.45, 2.75) is 6.43 Å². The van der Waals surface area contributed by atoms with Gasteiger partial charge >= 0.3 is 0 Å². The van der Waals surface area contributed by atoms with Crippen LogP contribution in [0.1, 0.15) is 12.1 Å². The zero-order valence-electron chi connectivity index (χ0n) is 11.8. The highest BCUT2D eigenvalue weighted by atomic mass is 19.3. The minimum Gasteiger partial charge on any atom is -0.366 e. The van der Waals surface area contributed by atoms with Gasteiger partial charge in [0.15, 0.2) is 0 Å². The van der Waals surface area contributed by atoms with Gasteiger partial charge in [0.25, 0.3) is 6.43 Å². The van der Waals surface area contributed by atoms with Crippen molar-refractivity contribution in [1.29, 1.82) is 0 Å². The van der Waals surface area contributed by atoms with E-state index in [9.17, 15) is 13.2 Å². The largest absolute Gasteiger partial charge is 0.366 e. The van der Waals surface area contributed by atoms with E-state index in [1.165, 1.54) is 12.1 Å². The van der Waals surface area contributed by atoms with Crippen LogP contribution in [-0.2, 0) is 0 Å². The van der Waals surface area contributed by atoms with E-state index in [1.54, 1.807) is 18.2 Å². The third-order valence-electron chi connectivity index (χ3n) is 3.69. The summed E-state index contributed by atoms with van der Waals surface area (Å²) in [5.74, 6) is 0.233. The molecule has 0 aliphatic carbocycles. The number of halogens is 3. The molecule has 22 heavy (non-hydrogen) atoms. The Kier molecular flexibility index (Phi) is 4.13. The summed E-state index contributed by atoms with van der Waals surface area (Å²) >= 11 is 0. The summed E-state index contributed by atoms with van der Waals surface area (Å²) in [4.78, 5) is 11.5. The van der Waals surface area contributed by atoms with Gasteiger partial charge in [-0.25, -0.2) is 23.1 Å². The van der Waals surface area contributed by atoms with Gasteiger partial charge in [0.1, 0.15) is 23.7 Å². The van der Waals surface area contributed by atoms with E-state index in [4.69, 9.17) is 0 Å². The molecule has 0 spiro atoms. The number of alkyl halides is 2. The number of hydrogen-bond acceptors (Lipinski definition) is 4. The Balaban J connectivity index is 1.69. The first-order chi connectivity index (χ1) is 10.6. The van der Waals surface area contributed by atoms with E-state index in [0.29, 0.717) is 37.7 Å². The molecule has 0 amide bonds. The van der Waals surface area contributed by atoms with Gasteiger partial charge in [-0.2, -0.15) is 0 Å². The van der Waals surface area contributed by atoms with Gasteiger partial charge in [-0.05, 0) is 12.1 Å². The standard InChI is InChI=1S/C15H15F3N4/c16-11-3-1-2-4-13(11)21-5-7-22(8-6-21)14-9-12(15(17)18)19-10-20-14/h1-4,9-10,15H,5-8H2. The number of para-hydroxylation sites is 1. The normalized spacial score (nSPS) is 15.5. The van der Waals surface area contributed by atoms with Gasteiger partial charge in [-0.3, -0.25) is 0 Å². The fourth-order valence-corrected chi connectivity index (χ4v) is 2.54. The third kappa shape index (κ3) is 2.98. The summed E-state index contributed by atoms with van der Waals surface area (Å²) in [6.45, 7) is 2.39. The monoisotopic (exact) mass is 308 g/mol. The molecule has 116 valence electrons. The number of rotatable bonds is 3. The van der Waals surface area contributed by atoms with Crippen LogP contribution in [0.15, 0.2) is 36.7 Å². The number of anilines is 2. The molecule has 0 N–H and O–H groups in total. The van der Waals surface area contributed by atoms with Crippen molar-refractivity contribution in [3.63, 3.8) is 0 Å². The molecular formula is C15H15F3N4. The first-order valence-electron chi connectivity index (χ1n) is 6.99. The Morgan fingerprint density at radius 2 is 1.64 bits per heavy atom. The van der Waals surface area contributed by atoms with Crippen molar-refractivity contribution >= 4 is 11.5 Å². The zero-order valence-corrected chi connectivity index (χ0v) is 11.8. The lowest BCUT2D eigenvalue weighted by molar-refractivity contribution is 0.146. The fourth-order valence-electron chi connectivity index (χ4n) is 2.54. The van der Waals surface area contributed by atoms with E-state index in [-0.39, 0.29) is 11.5 Å². The van der Waals surface area contributed by atoms with Crippen LogP contribution in [0.4, 0.5) is 24.7 Å². The summed E-state index contributed by atoms with van der Waals surface area (Å²) in [5.41, 5.74) is 0.291. The molecule has 1 aromatic carbocycles. The van der Waals surface area contributed by atoms with Crippen LogP contribution in [-0.4, -0.2) is 36.1 Å². The molecule has 1 aliphatic rings. The highest BCUT2D eigenvalue weighted by Crippen LogP contribution is 2.23. The molecular weight excluding hydrogens is 293 g/mol. The zero-order chi connectivity index (χ0) is 15.5. The molecule has 4 nitrogen and oxygen atoms in total. The summed E-state index contributed by atoms with van der Waals surface area (Å²) in [6.07, 6.45) is -1.46. The lowest BCUT2D eigenvalue weighted by atomic mass is 10.2. The third-order valence-corrected chi connectivity index (χ3v) is 3.69. The molecule has 2 aromatic rings. The molecule has 0 unspecified atom stereocenters. The molecule has 3 rings (SSSR count). The number of piperazine rings is 1. The number of benzene rings is 1. The second-order valence-corrected chi connectivity index (χ2v) is 5.03. The van der Waals surface area contributed by atoms with Crippen molar-refractivity contribution in [3.05, 3.63) is 48.2 Å². The molecule has 1 aliphatic heterocycles. The lowest BCUT2D eigenvalue weighted by Gasteiger charge is -2.36. The van der Waals surface area contributed by atoms with Crippen LogP contribution >= 0.6 is 0 Å². The van der Waals surface area contributed by atoms with Crippen LogP contribution in [0.3, 0.4) is 0 Å². The number of aromatic nitrogens is 2. The first-order valence-corrected chi connectivity index (χ1v) is 6.99. The predicted octanol–water partition coefficient (Wildman–Crippen LogP) is 2.88. The minimum absolute atomic E-state index is 0.252. The van der Waals surface area contributed by atoms with E-state index in [2.05, 4.69) is 9.97 Å². The first kappa shape index (κ1) is 14.6. The average molecular weight is 308 g/mol. The Bertz CT molecular complexity index is 642. The van der Waals surface area contributed by atoms with Gasteiger partial charge in [-0.15, -0.1) is 0 Å². The molecule has 2 heterocycles. The maximum atomic E-state index is 13.8. The second-order valence-electron chi connectivity index (χ2n) is 5.03. The van der Waals surface area contributed by atoms with Gasteiger partial charge in [0, 0.05) is 32.2 Å². The number of hydrogen-bond donors (Lipinski definition) is 0. The maximum absolute atomic E-state index is 13.8. The van der Waals surface area contributed by atoms with Crippen molar-refractivity contribution in [3.8, 4) is 0 Å². The molecule has 1 saturated heterocycles. The van der Waals surface area contributed by atoms with Crippen LogP contribution < -0.4 is 9.80 Å². The molecule has 1 fully saturated rings. The topological polar surface area (TPSA) is 32.3 Å². The molecule has 7 heteroatoms. The van der Waals surface area contributed by atoms with E-state index < -0.39 is 6.43 Å². The van der Waals surface area contributed by atoms with Gasteiger partial charge < -0.3 is 9.80 Å². The van der Waals surface area contributed by atoms with E-state index >= 15 is 0 Å². The average Bonchev–Trinajstić information content (AvgIpc) is 2.56.